The summed E-state index contributed by atoms with van der Waals surface area (Å²) in [4.78, 5) is 21.8. The number of ether oxygens (including phenoxy) is 1. The lowest BCUT2D eigenvalue weighted by Crippen LogP contribution is -2.39. The number of aromatic nitrogens is 4. The summed E-state index contributed by atoms with van der Waals surface area (Å²) in [7, 11) is 0. The Kier molecular flexibility index (Phi) is 3.20. The van der Waals surface area contributed by atoms with Crippen molar-refractivity contribution in [1.82, 2.24) is 19.5 Å². The molecule has 3 unspecified atom stereocenters. The van der Waals surface area contributed by atoms with Crippen molar-refractivity contribution in [3.8, 4) is 0 Å². The van der Waals surface area contributed by atoms with Crippen LogP contribution in [0.2, 0.25) is 0 Å². The van der Waals surface area contributed by atoms with Crippen LogP contribution < -0.4 is 5.73 Å². The number of rotatable bonds is 1. The average Bonchev–Trinajstić information content (AvgIpc) is 3.01. The lowest BCUT2D eigenvalue weighted by Gasteiger charge is -2.30. The first-order valence-electron chi connectivity index (χ1n) is 6.38. The molecule has 2 aromatic rings. The normalized spacial score (nSPS) is 38.3. The van der Waals surface area contributed by atoms with E-state index in [1.807, 2.05) is 0 Å². The van der Waals surface area contributed by atoms with Gasteiger partial charge in [-0.1, -0.05) is 0 Å². The zero-order valence-electron chi connectivity index (χ0n) is 11.0. The van der Waals surface area contributed by atoms with Crippen LogP contribution in [0.5, 0.6) is 0 Å². The van der Waals surface area contributed by atoms with Crippen LogP contribution in [-0.2, 0) is 25.6 Å². The van der Waals surface area contributed by atoms with Crippen molar-refractivity contribution in [1.29, 1.82) is 0 Å². The van der Waals surface area contributed by atoms with Crippen LogP contribution in [0.3, 0.4) is 0 Å². The van der Waals surface area contributed by atoms with E-state index in [1.54, 1.807) is 4.57 Å². The number of anilines is 1. The fraction of sp³-hybridized carbons (Fsp3) is 0.500. The van der Waals surface area contributed by atoms with Gasteiger partial charge in [0.2, 0.25) is 0 Å². The van der Waals surface area contributed by atoms with Gasteiger partial charge in [-0.25, -0.2) is 15.0 Å². The van der Waals surface area contributed by atoms with Crippen molar-refractivity contribution in [3.63, 3.8) is 0 Å². The van der Waals surface area contributed by atoms with E-state index in [9.17, 15) is 10.00 Å². The molecule has 4 N–H and O–H groups in total. The van der Waals surface area contributed by atoms with E-state index < -0.39 is 31.3 Å². The quantitative estimate of drug-likeness (QED) is 0.569. The molecule has 5 atom stereocenters. The van der Waals surface area contributed by atoms with Gasteiger partial charge in [0, 0.05) is 0 Å². The zero-order chi connectivity index (χ0) is 15.5. The van der Waals surface area contributed by atoms with Crippen molar-refractivity contribution in [2.45, 2.75) is 24.5 Å². The first-order valence-corrected chi connectivity index (χ1v) is 8.97. The Morgan fingerprint density at radius 3 is 3.05 bits per heavy atom. The molecule has 0 amide bonds. The molecule has 0 radical (unpaired) electrons. The molecule has 4 rings (SSSR count). The standard InChI is InChI=1S/C10H12N5O5PS/c11-8-5-9(13-2-12-8)15(3-14-5)10-6(16)7-4(19-10)1-18-21(17,22)20-7/h2-4,6-7,10,16H,1H2,(H,17,22)(H2,11,12,13)/t4?,6-,7?,10+,21?/m0/s1. The molecule has 2 aromatic heterocycles. The highest BCUT2D eigenvalue weighted by Gasteiger charge is 2.51. The molecule has 22 heavy (non-hydrogen) atoms. The minimum Gasteiger partial charge on any atom is -0.386 e. The maximum absolute atomic E-state index is 10.4. The Hall–Kier alpha value is -1.20. The Morgan fingerprint density at radius 1 is 1.41 bits per heavy atom. The molecular weight excluding hydrogens is 333 g/mol. The molecule has 2 fully saturated rings. The highest BCUT2D eigenvalue weighted by Crippen LogP contribution is 2.52. The predicted molar refractivity (Wildman–Crippen MR) is 77.0 cm³/mol. The molecule has 0 aliphatic carbocycles. The smallest absolute Gasteiger partial charge is 0.325 e. The van der Waals surface area contributed by atoms with Crippen molar-refractivity contribution in [2.75, 3.05) is 12.3 Å². The molecule has 2 saturated heterocycles. The summed E-state index contributed by atoms with van der Waals surface area (Å²) < 4.78 is 17.6. The van der Waals surface area contributed by atoms with Crippen molar-refractivity contribution >= 4 is 35.5 Å². The topological polar surface area (TPSA) is 138 Å². The lowest BCUT2D eigenvalue weighted by atomic mass is 10.1. The maximum atomic E-state index is 10.4. The van der Waals surface area contributed by atoms with Crippen molar-refractivity contribution < 1.29 is 23.8 Å². The number of hydrogen-bond donors (Lipinski definition) is 3. The van der Waals surface area contributed by atoms with Gasteiger partial charge in [-0.3, -0.25) is 9.09 Å². The molecule has 118 valence electrons. The Balaban J connectivity index is 1.71. The molecule has 0 aromatic carbocycles. The van der Waals surface area contributed by atoms with Crippen LogP contribution in [0.15, 0.2) is 12.7 Å². The van der Waals surface area contributed by atoms with E-state index >= 15 is 0 Å². The number of fused-ring (bicyclic) bond motifs is 2. The minimum absolute atomic E-state index is 0.0513. The number of nitrogen functional groups attached to an aromatic ring is 1. The minimum atomic E-state index is -3.33. The molecule has 12 heteroatoms. The van der Waals surface area contributed by atoms with Gasteiger partial charge in [0.15, 0.2) is 17.7 Å². The van der Waals surface area contributed by atoms with Gasteiger partial charge in [-0.2, -0.15) is 0 Å². The molecule has 0 spiro atoms. The zero-order valence-corrected chi connectivity index (χ0v) is 12.7. The summed E-state index contributed by atoms with van der Waals surface area (Å²) in [5, 5.41) is 10.4. The second kappa shape index (κ2) is 4.90. The summed E-state index contributed by atoms with van der Waals surface area (Å²) in [5.41, 5.74) is 6.58. The van der Waals surface area contributed by atoms with Gasteiger partial charge in [-0.05, 0) is 11.8 Å². The Bertz CT molecular complexity index is 786. The number of aliphatic hydroxyl groups excluding tert-OH is 1. The number of nitrogens with zero attached hydrogens (tertiary/aromatic N) is 4. The van der Waals surface area contributed by atoms with Crippen molar-refractivity contribution in [3.05, 3.63) is 12.7 Å². The van der Waals surface area contributed by atoms with Crippen LogP contribution in [-0.4, -0.2) is 54.4 Å². The third-order valence-corrected chi connectivity index (χ3v) is 5.19. The van der Waals surface area contributed by atoms with Crippen LogP contribution in [0.25, 0.3) is 11.2 Å². The fourth-order valence-electron chi connectivity index (χ4n) is 2.62. The summed E-state index contributed by atoms with van der Waals surface area (Å²) in [6.45, 7) is -3.28. The van der Waals surface area contributed by atoms with Crippen LogP contribution in [0, 0.1) is 0 Å². The number of nitrogens with two attached hydrogens (primary N) is 1. The van der Waals surface area contributed by atoms with E-state index in [2.05, 4.69) is 15.0 Å². The summed E-state index contributed by atoms with van der Waals surface area (Å²) in [6, 6.07) is 0. The van der Waals surface area contributed by atoms with E-state index in [-0.39, 0.29) is 12.4 Å². The lowest BCUT2D eigenvalue weighted by molar-refractivity contribution is -0.0593. The largest absolute Gasteiger partial charge is 0.386 e. The van der Waals surface area contributed by atoms with Gasteiger partial charge in [0.1, 0.15) is 30.2 Å². The Morgan fingerprint density at radius 2 is 2.23 bits per heavy atom. The average molecular weight is 345 g/mol. The van der Waals surface area contributed by atoms with E-state index in [4.69, 9.17) is 31.3 Å². The van der Waals surface area contributed by atoms with Gasteiger partial charge >= 0.3 is 6.72 Å². The Labute approximate surface area is 129 Å². The fourth-order valence-corrected chi connectivity index (χ4v) is 4.07. The van der Waals surface area contributed by atoms with Crippen LogP contribution in [0.4, 0.5) is 5.82 Å². The van der Waals surface area contributed by atoms with Gasteiger partial charge in [0.05, 0.1) is 12.9 Å². The van der Waals surface area contributed by atoms with Crippen LogP contribution in [0.1, 0.15) is 6.23 Å². The second-order valence-corrected chi connectivity index (χ2v) is 7.76. The van der Waals surface area contributed by atoms with Gasteiger partial charge in [0.25, 0.3) is 0 Å². The second-order valence-electron chi connectivity index (χ2n) is 4.97. The van der Waals surface area contributed by atoms with Crippen molar-refractivity contribution in [2.24, 2.45) is 0 Å². The number of imidazole rings is 1. The highest BCUT2D eigenvalue weighted by molar-refractivity contribution is 8.07. The van der Waals surface area contributed by atoms with E-state index in [0.717, 1.165) is 0 Å². The molecule has 2 aliphatic rings. The number of aliphatic hydroxyl groups is 1. The third kappa shape index (κ3) is 2.14. The molecule has 0 bridgehead atoms. The van der Waals surface area contributed by atoms with E-state index in [0.29, 0.717) is 11.2 Å². The first-order chi connectivity index (χ1) is 10.5. The summed E-state index contributed by atoms with van der Waals surface area (Å²) in [6.07, 6.45) is -0.414. The molecule has 2 aliphatic heterocycles. The third-order valence-electron chi connectivity index (χ3n) is 3.63. The monoisotopic (exact) mass is 345 g/mol. The van der Waals surface area contributed by atoms with Crippen LogP contribution >= 0.6 is 6.72 Å². The summed E-state index contributed by atoms with van der Waals surface area (Å²) >= 11 is 4.80. The number of hydrogen-bond acceptors (Lipinski definition) is 9. The highest BCUT2D eigenvalue weighted by atomic mass is 32.5. The molecule has 4 heterocycles. The van der Waals surface area contributed by atoms with Gasteiger partial charge in [-0.15, -0.1) is 0 Å². The first kappa shape index (κ1) is 14.4. The van der Waals surface area contributed by atoms with Gasteiger partial charge < -0.3 is 25.0 Å². The van der Waals surface area contributed by atoms with E-state index in [1.165, 1.54) is 12.7 Å². The predicted octanol–water partition coefficient (Wildman–Crippen LogP) is -0.701. The molecule has 10 nitrogen and oxygen atoms in total. The molecule has 0 saturated carbocycles. The molecular formula is C10H12N5O5PS. The summed E-state index contributed by atoms with van der Waals surface area (Å²) in [5.74, 6) is 0.235. The maximum Gasteiger partial charge on any atom is 0.325 e. The SMILES string of the molecule is Nc1ncnc2c1ncn2[C@@H]1OC2COP(O)(=S)OC2[C@@H]1O.